The van der Waals surface area contributed by atoms with Crippen molar-refractivity contribution in [3.8, 4) is 0 Å². The number of hydrogen-bond acceptors (Lipinski definition) is 3. The molecular formula is C18H25N3. The smallest absolute Gasteiger partial charge is 0.0313 e. The Morgan fingerprint density at radius 2 is 1.90 bits per heavy atom. The van der Waals surface area contributed by atoms with Gasteiger partial charge in [0.15, 0.2) is 0 Å². The van der Waals surface area contributed by atoms with Crippen LogP contribution in [0.3, 0.4) is 0 Å². The van der Waals surface area contributed by atoms with E-state index in [1.165, 1.54) is 16.7 Å². The Kier molecular flexibility index (Phi) is 6.38. The second-order valence-corrected chi connectivity index (χ2v) is 5.62. The molecule has 1 N–H and O–H groups in total. The zero-order chi connectivity index (χ0) is 14.9. The SMILES string of the molecule is Cc1cncc(CNCCCN(C)Cc2ccccc2)c1. The first-order valence-electron chi connectivity index (χ1n) is 7.58. The summed E-state index contributed by atoms with van der Waals surface area (Å²) < 4.78 is 0. The third-order valence-electron chi connectivity index (χ3n) is 3.45. The Hall–Kier alpha value is -1.71. The lowest BCUT2D eigenvalue weighted by molar-refractivity contribution is 0.319. The van der Waals surface area contributed by atoms with E-state index < -0.39 is 0 Å². The molecule has 1 aromatic heterocycles. The predicted molar refractivity (Wildman–Crippen MR) is 88.1 cm³/mol. The Balaban J connectivity index is 1.59. The molecule has 21 heavy (non-hydrogen) atoms. The first-order chi connectivity index (χ1) is 10.2. The number of aryl methyl sites for hydroxylation is 1. The van der Waals surface area contributed by atoms with Gasteiger partial charge in [-0.3, -0.25) is 4.98 Å². The van der Waals surface area contributed by atoms with Crippen LogP contribution in [0, 0.1) is 6.92 Å². The minimum absolute atomic E-state index is 0.900. The largest absolute Gasteiger partial charge is 0.313 e. The van der Waals surface area contributed by atoms with Crippen molar-refractivity contribution in [2.24, 2.45) is 0 Å². The standard InChI is InChI=1S/C18H25N3/c1-16-11-18(14-20-12-16)13-19-9-6-10-21(2)15-17-7-4-3-5-8-17/h3-5,7-8,11-12,14,19H,6,9-10,13,15H2,1-2H3. The summed E-state index contributed by atoms with van der Waals surface area (Å²) in [6, 6.07) is 12.8. The van der Waals surface area contributed by atoms with Crippen LogP contribution in [0.15, 0.2) is 48.8 Å². The van der Waals surface area contributed by atoms with E-state index in [-0.39, 0.29) is 0 Å². The van der Waals surface area contributed by atoms with Crippen molar-refractivity contribution in [3.63, 3.8) is 0 Å². The highest BCUT2D eigenvalue weighted by molar-refractivity contribution is 5.16. The average molecular weight is 283 g/mol. The minimum Gasteiger partial charge on any atom is -0.313 e. The molecule has 112 valence electrons. The van der Waals surface area contributed by atoms with E-state index in [0.717, 1.165) is 32.6 Å². The molecule has 0 aliphatic carbocycles. The van der Waals surface area contributed by atoms with Gasteiger partial charge in [0.25, 0.3) is 0 Å². The van der Waals surface area contributed by atoms with Crippen LogP contribution in [0.25, 0.3) is 0 Å². The molecule has 3 nitrogen and oxygen atoms in total. The highest BCUT2D eigenvalue weighted by Gasteiger charge is 2.00. The van der Waals surface area contributed by atoms with Crippen LogP contribution >= 0.6 is 0 Å². The lowest BCUT2D eigenvalue weighted by Crippen LogP contribution is -2.23. The molecule has 3 heteroatoms. The fourth-order valence-corrected chi connectivity index (χ4v) is 2.40. The summed E-state index contributed by atoms with van der Waals surface area (Å²) in [7, 11) is 2.18. The zero-order valence-corrected chi connectivity index (χ0v) is 13.0. The van der Waals surface area contributed by atoms with E-state index >= 15 is 0 Å². The third kappa shape index (κ3) is 6.06. The average Bonchev–Trinajstić information content (AvgIpc) is 2.48. The van der Waals surface area contributed by atoms with E-state index in [0.29, 0.717) is 0 Å². The Bertz CT molecular complexity index is 525. The van der Waals surface area contributed by atoms with Crippen LogP contribution in [0.2, 0.25) is 0 Å². The lowest BCUT2D eigenvalue weighted by Gasteiger charge is -2.16. The first-order valence-corrected chi connectivity index (χ1v) is 7.58. The maximum absolute atomic E-state index is 4.21. The number of nitrogens with zero attached hydrogens (tertiary/aromatic N) is 2. The van der Waals surface area contributed by atoms with E-state index in [2.05, 4.69) is 65.6 Å². The van der Waals surface area contributed by atoms with Crippen molar-refractivity contribution in [3.05, 3.63) is 65.5 Å². The molecule has 0 saturated carbocycles. The van der Waals surface area contributed by atoms with Gasteiger partial charge in [0.1, 0.15) is 0 Å². The topological polar surface area (TPSA) is 28.2 Å². The van der Waals surface area contributed by atoms with Gasteiger partial charge >= 0.3 is 0 Å². The van der Waals surface area contributed by atoms with Crippen LogP contribution in [0.1, 0.15) is 23.1 Å². The quantitative estimate of drug-likeness (QED) is 0.755. The van der Waals surface area contributed by atoms with E-state index in [9.17, 15) is 0 Å². The minimum atomic E-state index is 0.900. The molecule has 0 amide bonds. The summed E-state index contributed by atoms with van der Waals surface area (Å²) in [4.78, 5) is 6.58. The van der Waals surface area contributed by atoms with Crippen molar-refractivity contribution >= 4 is 0 Å². The molecule has 0 aliphatic heterocycles. The van der Waals surface area contributed by atoms with Gasteiger partial charge in [0.2, 0.25) is 0 Å². The number of hydrogen-bond donors (Lipinski definition) is 1. The van der Waals surface area contributed by atoms with E-state index in [1.807, 2.05) is 12.4 Å². The van der Waals surface area contributed by atoms with E-state index in [4.69, 9.17) is 0 Å². The zero-order valence-electron chi connectivity index (χ0n) is 13.0. The van der Waals surface area contributed by atoms with Crippen LogP contribution in [-0.4, -0.2) is 30.0 Å². The molecule has 0 fully saturated rings. The van der Waals surface area contributed by atoms with Gasteiger partial charge in [0, 0.05) is 25.5 Å². The summed E-state index contributed by atoms with van der Waals surface area (Å²) in [5.74, 6) is 0. The van der Waals surface area contributed by atoms with Gasteiger partial charge in [-0.1, -0.05) is 36.4 Å². The van der Waals surface area contributed by atoms with E-state index in [1.54, 1.807) is 0 Å². The number of pyridine rings is 1. The Labute approximate surface area is 128 Å². The predicted octanol–water partition coefficient (Wildman–Crippen LogP) is 3.00. The van der Waals surface area contributed by atoms with Crippen molar-refractivity contribution < 1.29 is 0 Å². The van der Waals surface area contributed by atoms with Gasteiger partial charge in [-0.05, 0) is 50.2 Å². The van der Waals surface area contributed by atoms with Gasteiger partial charge in [0.05, 0.1) is 0 Å². The molecule has 0 radical (unpaired) electrons. The van der Waals surface area contributed by atoms with Gasteiger partial charge in [-0.2, -0.15) is 0 Å². The Morgan fingerprint density at radius 1 is 1.10 bits per heavy atom. The van der Waals surface area contributed by atoms with Gasteiger partial charge < -0.3 is 10.2 Å². The second-order valence-electron chi connectivity index (χ2n) is 5.62. The number of rotatable bonds is 8. The molecule has 2 rings (SSSR count). The maximum atomic E-state index is 4.21. The molecular weight excluding hydrogens is 258 g/mol. The Morgan fingerprint density at radius 3 is 2.67 bits per heavy atom. The van der Waals surface area contributed by atoms with Crippen LogP contribution < -0.4 is 5.32 Å². The monoisotopic (exact) mass is 283 g/mol. The lowest BCUT2D eigenvalue weighted by atomic mass is 10.2. The van der Waals surface area contributed by atoms with Gasteiger partial charge in [-0.15, -0.1) is 0 Å². The fraction of sp³-hybridized carbons (Fsp3) is 0.389. The van der Waals surface area contributed by atoms with Crippen molar-refractivity contribution in [1.82, 2.24) is 15.2 Å². The molecule has 0 spiro atoms. The molecule has 0 saturated heterocycles. The van der Waals surface area contributed by atoms with Crippen molar-refractivity contribution in [2.75, 3.05) is 20.1 Å². The summed E-state index contributed by atoms with van der Waals surface area (Å²) >= 11 is 0. The maximum Gasteiger partial charge on any atom is 0.0313 e. The highest BCUT2D eigenvalue weighted by atomic mass is 15.1. The van der Waals surface area contributed by atoms with Gasteiger partial charge in [-0.25, -0.2) is 0 Å². The number of nitrogens with one attached hydrogen (secondary N) is 1. The van der Waals surface area contributed by atoms with Crippen molar-refractivity contribution in [2.45, 2.75) is 26.4 Å². The molecule has 1 aromatic carbocycles. The summed E-state index contributed by atoms with van der Waals surface area (Å²) in [6.07, 6.45) is 4.98. The molecule has 0 unspecified atom stereocenters. The summed E-state index contributed by atoms with van der Waals surface area (Å²) in [5, 5.41) is 3.48. The van der Waals surface area contributed by atoms with Crippen LogP contribution in [0.5, 0.6) is 0 Å². The first kappa shape index (κ1) is 15.7. The molecule has 0 bridgehead atoms. The highest BCUT2D eigenvalue weighted by Crippen LogP contribution is 2.03. The fourth-order valence-electron chi connectivity index (χ4n) is 2.40. The number of benzene rings is 1. The molecule has 1 heterocycles. The molecule has 0 aliphatic rings. The van der Waals surface area contributed by atoms with Crippen LogP contribution in [0.4, 0.5) is 0 Å². The third-order valence-corrected chi connectivity index (χ3v) is 3.45. The number of aromatic nitrogens is 1. The van der Waals surface area contributed by atoms with Crippen molar-refractivity contribution in [1.29, 1.82) is 0 Å². The molecule has 0 atom stereocenters. The normalized spacial score (nSPS) is 11.0. The molecule has 2 aromatic rings. The summed E-state index contributed by atoms with van der Waals surface area (Å²) in [6.45, 7) is 6.13. The van der Waals surface area contributed by atoms with Crippen LogP contribution in [-0.2, 0) is 13.1 Å². The summed E-state index contributed by atoms with van der Waals surface area (Å²) in [5.41, 5.74) is 3.85. The second kappa shape index (κ2) is 8.55.